The first kappa shape index (κ1) is 15.3. The lowest BCUT2D eigenvalue weighted by Gasteiger charge is -2.24. The molecule has 1 N–H and O–H groups in total. The molecule has 2 amide bonds. The normalized spacial score (nSPS) is 20.8. The molecule has 6 heteroatoms. The number of rotatable bonds is 3. The predicted molar refractivity (Wildman–Crippen MR) is 84.7 cm³/mol. The average molecular weight is 313 g/mol. The van der Waals surface area contributed by atoms with Gasteiger partial charge < -0.3 is 14.7 Å². The summed E-state index contributed by atoms with van der Waals surface area (Å²) in [6.07, 6.45) is 0.192. The van der Waals surface area contributed by atoms with Crippen molar-refractivity contribution in [1.29, 1.82) is 0 Å². The summed E-state index contributed by atoms with van der Waals surface area (Å²) in [4.78, 5) is 26.3. The number of anilines is 1. The SMILES string of the molecule is Cc1ccc([C@@H]2[C@H](C(=O)Nc3cc(C)on3)CC(=O)N2C)cc1. The summed E-state index contributed by atoms with van der Waals surface area (Å²) in [7, 11) is 1.74. The molecule has 3 rings (SSSR count). The molecule has 6 nitrogen and oxygen atoms in total. The Bertz CT molecular complexity index is 736. The highest BCUT2D eigenvalue weighted by atomic mass is 16.5. The van der Waals surface area contributed by atoms with Crippen LogP contribution in [-0.2, 0) is 9.59 Å². The number of benzene rings is 1. The maximum absolute atomic E-state index is 12.6. The average Bonchev–Trinajstić information content (AvgIpc) is 3.05. The van der Waals surface area contributed by atoms with E-state index in [2.05, 4.69) is 10.5 Å². The molecule has 0 aliphatic carbocycles. The largest absolute Gasteiger partial charge is 0.360 e. The number of nitrogens with zero attached hydrogens (tertiary/aromatic N) is 2. The Kier molecular flexibility index (Phi) is 3.90. The van der Waals surface area contributed by atoms with Crippen molar-refractivity contribution in [1.82, 2.24) is 10.1 Å². The number of amides is 2. The molecular weight excluding hydrogens is 294 g/mol. The lowest BCUT2D eigenvalue weighted by Crippen LogP contribution is -2.30. The zero-order valence-electron chi connectivity index (χ0n) is 13.4. The molecule has 0 unspecified atom stereocenters. The zero-order chi connectivity index (χ0) is 16.6. The molecule has 2 aromatic rings. The fraction of sp³-hybridized carbons (Fsp3) is 0.353. The molecule has 1 aliphatic rings. The summed E-state index contributed by atoms with van der Waals surface area (Å²) in [5, 5.41) is 6.50. The van der Waals surface area contributed by atoms with Crippen LogP contribution in [0.3, 0.4) is 0 Å². The fourth-order valence-electron chi connectivity index (χ4n) is 2.97. The third-order valence-electron chi connectivity index (χ3n) is 4.22. The molecule has 2 atom stereocenters. The van der Waals surface area contributed by atoms with Gasteiger partial charge in [-0.05, 0) is 19.4 Å². The van der Waals surface area contributed by atoms with Gasteiger partial charge in [0.1, 0.15) is 5.76 Å². The van der Waals surface area contributed by atoms with E-state index < -0.39 is 5.92 Å². The van der Waals surface area contributed by atoms with Gasteiger partial charge in [0.25, 0.3) is 0 Å². The number of hydrogen-bond acceptors (Lipinski definition) is 4. The van der Waals surface area contributed by atoms with Crippen molar-refractivity contribution >= 4 is 17.6 Å². The molecule has 0 radical (unpaired) electrons. The van der Waals surface area contributed by atoms with Crippen LogP contribution in [0, 0.1) is 19.8 Å². The monoisotopic (exact) mass is 313 g/mol. The molecule has 23 heavy (non-hydrogen) atoms. The summed E-state index contributed by atoms with van der Waals surface area (Å²) in [5.41, 5.74) is 2.10. The van der Waals surface area contributed by atoms with Crippen LogP contribution in [0.15, 0.2) is 34.9 Å². The van der Waals surface area contributed by atoms with Crippen molar-refractivity contribution in [3.8, 4) is 0 Å². The van der Waals surface area contributed by atoms with Crippen molar-refractivity contribution in [3.05, 3.63) is 47.2 Å². The second-order valence-corrected chi connectivity index (χ2v) is 5.98. The van der Waals surface area contributed by atoms with E-state index in [9.17, 15) is 9.59 Å². The Labute approximate surface area is 134 Å². The molecule has 0 bridgehead atoms. The number of nitrogens with one attached hydrogen (secondary N) is 1. The van der Waals surface area contributed by atoms with Gasteiger partial charge in [0.05, 0.1) is 12.0 Å². The van der Waals surface area contributed by atoms with E-state index in [0.717, 1.165) is 11.1 Å². The lowest BCUT2D eigenvalue weighted by atomic mass is 9.92. The molecule has 1 saturated heterocycles. The van der Waals surface area contributed by atoms with E-state index >= 15 is 0 Å². The van der Waals surface area contributed by atoms with E-state index in [0.29, 0.717) is 11.6 Å². The summed E-state index contributed by atoms with van der Waals surface area (Å²) < 4.78 is 4.95. The Hall–Kier alpha value is -2.63. The summed E-state index contributed by atoms with van der Waals surface area (Å²) in [6, 6.07) is 9.30. The minimum atomic E-state index is -0.452. The quantitative estimate of drug-likeness (QED) is 0.944. The Morgan fingerprint density at radius 3 is 2.61 bits per heavy atom. The first-order chi connectivity index (χ1) is 11.0. The van der Waals surface area contributed by atoms with Gasteiger partial charge in [0.15, 0.2) is 5.82 Å². The van der Waals surface area contributed by atoms with Crippen LogP contribution in [0.25, 0.3) is 0 Å². The maximum atomic E-state index is 12.6. The molecule has 1 aliphatic heterocycles. The first-order valence-electron chi connectivity index (χ1n) is 7.52. The molecule has 1 fully saturated rings. The second kappa shape index (κ2) is 5.87. The Balaban J connectivity index is 1.85. The van der Waals surface area contributed by atoms with Crippen LogP contribution in [0.2, 0.25) is 0 Å². The highest BCUT2D eigenvalue weighted by Crippen LogP contribution is 2.37. The Morgan fingerprint density at radius 2 is 2.00 bits per heavy atom. The first-order valence-corrected chi connectivity index (χ1v) is 7.52. The molecule has 1 aromatic heterocycles. The predicted octanol–water partition coefficient (Wildman–Crippen LogP) is 2.45. The highest BCUT2D eigenvalue weighted by molar-refractivity contribution is 5.97. The van der Waals surface area contributed by atoms with Crippen molar-refractivity contribution < 1.29 is 14.1 Å². The molecule has 0 spiro atoms. The minimum Gasteiger partial charge on any atom is -0.360 e. The minimum absolute atomic E-state index is 0.0351. The van der Waals surface area contributed by atoms with Gasteiger partial charge in [-0.2, -0.15) is 0 Å². The van der Waals surface area contributed by atoms with Crippen LogP contribution in [0.1, 0.15) is 29.3 Å². The van der Waals surface area contributed by atoms with Crippen LogP contribution in [-0.4, -0.2) is 28.9 Å². The standard InChI is InChI=1S/C17H19N3O3/c1-10-4-6-12(7-5-10)16-13(9-15(21)20(16)3)17(22)18-14-8-11(2)23-19-14/h4-8,13,16H,9H2,1-3H3,(H,18,19,22)/t13-,16-/m1/s1. The Morgan fingerprint density at radius 1 is 1.30 bits per heavy atom. The van der Waals surface area contributed by atoms with Gasteiger partial charge in [-0.15, -0.1) is 0 Å². The zero-order valence-corrected chi connectivity index (χ0v) is 13.4. The second-order valence-electron chi connectivity index (χ2n) is 5.98. The fourth-order valence-corrected chi connectivity index (χ4v) is 2.97. The number of hydrogen-bond donors (Lipinski definition) is 1. The number of likely N-dealkylation sites (tertiary alicyclic amines) is 1. The van der Waals surface area contributed by atoms with Gasteiger partial charge in [0, 0.05) is 19.5 Å². The molecule has 1 aromatic carbocycles. The van der Waals surface area contributed by atoms with Crippen molar-refractivity contribution in [2.24, 2.45) is 5.92 Å². The number of carbonyl (C=O) groups is 2. The van der Waals surface area contributed by atoms with Crippen molar-refractivity contribution in [3.63, 3.8) is 0 Å². The van der Waals surface area contributed by atoms with Gasteiger partial charge in [-0.3, -0.25) is 9.59 Å². The lowest BCUT2D eigenvalue weighted by molar-refractivity contribution is -0.127. The van der Waals surface area contributed by atoms with Gasteiger partial charge in [-0.1, -0.05) is 35.0 Å². The number of aromatic nitrogens is 1. The topological polar surface area (TPSA) is 75.4 Å². The van der Waals surface area contributed by atoms with E-state index in [1.807, 2.05) is 31.2 Å². The van der Waals surface area contributed by atoms with E-state index in [4.69, 9.17) is 4.52 Å². The van der Waals surface area contributed by atoms with Crippen molar-refractivity contribution in [2.75, 3.05) is 12.4 Å². The third kappa shape index (κ3) is 2.97. The number of aryl methyl sites for hydroxylation is 2. The van der Waals surface area contributed by atoms with Crippen LogP contribution < -0.4 is 5.32 Å². The smallest absolute Gasteiger partial charge is 0.231 e. The summed E-state index contributed by atoms with van der Waals surface area (Å²) in [6.45, 7) is 3.76. The van der Waals surface area contributed by atoms with E-state index in [1.54, 1.807) is 24.9 Å². The number of carbonyl (C=O) groups excluding carboxylic acids is 2. The highest BCUT2D eigenvalue weighted by Gasteiger charge is 2.42. The van der Waals surface area contributed by atoms with Gasteiger partial charge in [-0.25, -0.2) is 0 Å². The molecular formula is C17H19N3O3. The van der Waals surface area contributed by atoms with Crippen molar-refractivity contribution in [2.45, 2.75) is 26.3 Å². The van der Waals surface area contributed by atoms with Crippen LogP contribution in [0.4, 0.5) is 5.82 Å². The maximum Gasteiger partial charge on any atom is 0.231 e. The molecule has 0 saturated carbocycles. The molecule has 2 heterocycles. The van der Waals surface area contributed by atoms with E-state index in [-0.39, 0.29) is 24.3 Å². The molecule has 120 valence electrons. The van der Waals surface area contributed by atoms with Crippen LogP contribution in [0.5, 0.6) is 0 Å². The van der Waals surface area contributed by atoms with Crippen LogP contribution >= 0.6 is 0 Å². The van der Waals surface area contributed by atoms with Gasteiger partial charge >= 0.3 is 0 Å². The summed E-state index contributed by atoms with van der Waals surface area (Å²) >= 11 is 0. The van der Waals surface area contributed by atoms with Gasteiger partial charge in [0.2, 0.25) is 11.8 Å². The third-order valence-corrected chi connectivity index (χ3v) is 4.22. The van der Waals surface area contributed by atoms with E-state index in [1.165, 1.54) is 0 Å². The summed E-state index contributed by atoms with van der Waals surface area (Å²) in [5.74, 6) is 0.285.